The summed E-state index contributed by atoms with van der Waals surface area (Å²) in [5, 5.41) is 1.06. The molecular weight excluding hydrogens is 344 g/mol. The average Bonchev–Trinajstić information content (AvgIpc) is 2.75. The Bertz CT molecular complexity index is 959. The number of aryl methyl sites for hydroxylation is 2. The first kappa shape index (κ1) is 17.1. The van der Waals surface area contributed by atoms with Gasteiger partial charge in [0, 0.05) is 23.4 Å². The molecule has 1 aromatic heterocycles. The van der Waals surface area contributed by atoms with Crippen LogP contribution in [0.4, 0.5) is 0 Å². The highest BCUT2D eigenvalue weighted by atomic mass is 35.5. The van der Waals surface area contributed by atoms with Gasteiger partial charge in [-0.15, -0.1) is 12.4 Å². The average molecular weight is 363 g/mol. The lowest BCUT2D eigenvalue weighted by Crippen LogP contribution is -2.01. The van der Waals surface area contributed by atoms with E-state index in [1.54, 1.807) is 36.4 Å². The van der Waals surface area contributed by atoms with E-state index in [-0.39, 0.29) is 12.4 Å². The summed E-state index contributed by atoms with van der Waals surface area (Å²) in [6.45, 7) is 0. The maximum atomic E-state index is 12.7. The number of rotatable bonds is 2. The van der Waals surface area contributed by atoms with Gasteiger partial charge in [0.25, 0.3) is 0 Å². The molecule has 5 heteroatoms. The Balaban J connectivity index is 0.00000169. The summed E-state index contributed by atoms with van der Waals surface area (Å²) in [5.41, 5.74) is 1.95. The predicted molar refractivity (Wildman–Crippen MR) is 96.6 cm³/mol. The van der Waals surface area contributed by atoms with Gasteiger partial charge in [0.2, 0.25) is 9.84 Å². The van der Waals surface area contributed by atoms with Gasteiger partial charge in [-0.25, -0.2) is 8.42 Å². The zero-order chi connectivity index (χ0) is 15.9. The quantitative estimate of drug-likeness (QED) is 0.605. The molecular formula is C19H19ClO3S. The molecule has 0 amide bonds. The molecule has 0 atom stereocenters. The van der Waals surface area contributed by atoms with Crippen molar-refractivity contribution in [2.24, 2.45) is 0 Å². The summed E-state index contributed by atoms with van der Waals surface area (Å²) in [7, 11) is -3.50. The fourth-order valence-electron chi connectivity index (χ4n) is 3.32. The van der Waals surface area contributed by atoms with E-state index in [9.17, 15) is 8.42 Å². The molecule has 0 radical (unpaired) electrons. The van der Waals surface area contributed by atoms with Crippen LogP contribution in [-0.4, -0.2) is 8.42 Å². The number of fused-ring (bicyclic) bond motifs is 3. The standard InChI is InChI=1S/C19H18O3S.ClH/c20-23(21,14-7-3-1-4-8-14)15-11-12-17-16-9-5-2-6-10-18(16)22-19(17)13-15;/h1,3-4,7-8,11-13H,2,5-6,9-10H2;1H. The van der Waals surface area contributed by atoms with Crippen LogP contribution in [0.2, 0.25) is 0 Å². The van der Waals surface area contributed by atoms with Crippen molar-refractivity contribution in [1.82, 2.24) is 0 Å². The molecule has 126 valence electrons. The minimum atomic E-state index is -3.50. The minimum Gasteiger partial charge on any atom is -0.461 e. The second-order valence-electron chi connectivity index (χ2n) is 6.04. The van der Waals surface area contributed by atoms with Crippen LogP contribution in [0.15, 0.2) is 62.7 Å². The molecule has 3 aromatic rings. The highest BCUT2D eigenvalue weighted by Gasteiger charge is 2.21. The van der Waals surface area contributed by atoms with Crippen molar-refractivity contribution in [2.45, 2.75) is 41.9 Å². The molecule has 0 bridgehead atoms. The van der Waals surface area contributed by atoms with E-state index in [1.165, 1.54) is 18.4 Å². The molecule has 0 unspecified atom stereocenters. The van der Waals surface area contributed by atoms with Gasteiger partial charge >= 0.3 is 0 Å². The molecule has 0 spiro atoms. The summed E-state index contributed by atoms with van der Waals surface area (Å²) in [6.07, 6.45) is 5.51. The van der Waals surface area contributed by atoms with Crippen molar-refractivity contribution in [2.75, 3.05) is 0 Å². The topological polar surface area (TPSA) is 47.3 Å². The molecule has 0 aliphatic heterocycles. The summed E-state index contributed by atoms with van der Waals surface area (Å²) in [5.74, 6) is 1.03. The van der Waals surface area contributed by atoms with Crippen LogP contribution in [0.1, 0.15) is 30.6 Å². The van der Waals surface area contributed by atoms with E-state index in [1.807, 2.05) is 12.1 Å². The van der Waals surface area contributed by atoms with Gasteiger partial charge in [0.15, 0.2) is 0 Å². The lowest BCUT2D eigenvalue weighted by Gasteiger charge is -2.04. The molecule has 0 N–H and O–H groups in total. The third-order valence-corrected chi connectivity index (χ3v) is 6.31. The maximum absolute atomic E-state index is 12.7. The third kappa shape index (κ3) is 2.85. The Labute approximate surface area is 148 Å². The van der Waals surface area contributed by atoms with E-state index in [2.05, 4.69) is 0 Å². The van der Waals surface area contributed by atoms with E-state index >= 15 is 0 Å². The second-order valence-corrected chi connectivity index (χ2v) is 7.99. The predicted octanol–water partition coefficient (Wildman–Crippen LogP) is 4.96. The third-order valence-electron chi connectivity index (χ3n) is 4.54. The summed E-state index contributed by atoms with van der Waals surface area (Å²) in [4.78, 5) is 0.604. The normalized spacial score (nSPS) is 14.7. The molecule has 4 rings (SSSR count). The van der Waals surface area contributed by atoms with E-state index in [4.69, 9.17) is 4.42 Å². The molecule has 0 saturated heterocycles. The fourth-order valence-corrected chi connectivity index (χ4v) is 4.62. The fraction of sp³-hybridized carbons (Fsp3) is 0.263. The first-order valence-corrected chi connectivity index (χ1v) is 9.49. The van der Waals surface area contributed by atoms with E-state index in [0.717, 1.165) is 30.4 Å². The van der Waals surface area contributed by atoms with Crippen LogP contribution in [-0.2, 0) is 22.7 Å². The Kier molecular flexibility index (Phi) is 4.70. The lowest BCUT2D eigenvalue weighted by atomic mass is 10.1. The monoisotopic (exact) mass is 362 g/mol. The van der Waals surface area contributed by atoms with Crippen LogP contribution < -0.4 is 0 Å². The lowest BCUT2D eigenvalue weighted by molar-refractivity contribution is 0.537. The van der Waals surface area contributed by atoms with Gasteiger partial charge in [0.1, 0.15) is 11.3 Å². The Morgan fingerprint density at radius 3 is 2.38 bits per heavy atom. The number of benzene rings is 2. The van der Waals surface area contributed by atoms with Crippen molar-refractivity contribution in [1.29, 1.82) is 0 Å². The van der Waals surface area contributed by atoms with Crippen LogP contribution in [0, 0.1) is 0 Å². The van der Waals surface area contributed by atoms with Crippen LogP contribution in [0.3, 0.4) is 0 Å². The summed E-state index contributed by atoms with van der Waals surface area (Å²) in [6, 6.07) is 13.8. The molecule has 1 heterocycles. The largest absolute Gasteiger partial charge is 0.461 e. The number of hydrogen-bond acceptors (Lipinski definition) is 3. The van der Waals surface area contributed by atoms with Gasteiger partial charge in [-0.3, -0.25) is 0 Å². The van der Waals surface area contributed by atoms with Gasteiger partial charge in [0.05, 0.1) is 9.79 Å². The van der Waals surface area contributed by atoms with Crippen molar-refractivity contribution < 1.29 is 12.8 Å². The number of sulfone groups is 1. The summed E-state index contributed by atoms with van der Waals surface area (Å²) < 4.78 is 31.4. The number of hydrogen-bond donors (Lipinski definition) is 0. The van der Waals surface area contributed by atoms with Crippen molar-refractivity contribution in [3.63, 3.8) is 0 Å². The van der Waals surface area contributed by atoms with Gasteiger partial charge in [-0.05, 0) is 43.5 Å². The molecule has 3 nitrogen and oxygen atoms in total. The van der Waals surface area contributed by atoms with Gasteiger partial charge < -0.3 is 4.42 Å². The van der Waals surface area contributed by atoms with E-state index in [0.29, 0.717) is 15.4 Å². The summed E-state index contributed by atoms with van der Waals surface area (Å²) >= 11 is 0. The van der Waals surface area contributed by atoms with Crippen molar-refractivity contribution in [3.8, 4) is 0 Å². The molecule has 1 aliphatic rings. The van der Waals surface area contributed by atoms with Crippen LogP contribution >= 0.6 is 12.4 Å². The van der Waals surface area contributed by atoms with Gasteiger partial charge in [-0.2, -0.15) is 0 Å². The molecule has 0 fully saturated rings. The Morgan fingerprint density at radius 2 is 1.58 bits per heavy atom. The Morgan fingerprint density at radius 1 is 0.833 bits per heavy atom. The zero-order valence-electron chi connectivity index (χ0n) is 13.2. The first-order valence-electron chi connectivity index (χ1n) is 8.01. The molecule has 0 saturated carbocycles. The van der Waals surface area contributed by atoms with Crippen LogP contribution in [0.25, 0.3) is 11.0 Å². The maximum Gasteiger partial charge on any atom is 0.206 e. The SMILES string of the molecule is Cl.O=S(=O)(c1ccccc1)c1ccc2c3c(oc2c1)CCCCC3. The van der Waals surface area contributed by atoms with Crippen molar-refractivity contribution in [3.05, 3.63) is 59.9 Å². The first-order chi connectivity index (χ1) is 11.2. The van der Waals surface area contributed by atoms with Gasteiger partial charge in [-0.1, -0.05) is 24.6 Å². The zero-order valence-corrected chi connectivity index (χ0v) is 14.8. The smallest absolute Gasteiger partial charge is 0.206 e. The molecule has 24 heavy (non-hydrogen) atoms. The molecule has 2 aromatic carbocycles. The van der Waals surface area contributed by atoms with E-state index < -0.39 is 9.84 Å². The minimum absolute atomic E-state index is 0. The number of halogens is 1. The Hall–Kier alpha value is -1.78. The number of furan rings is 1. The van der Waals surface area contributed by atoms with Crippen LogP contribution in [0.5, 0.6) is 0 Å². The molecule has 1 aliphatic carbocycles. The van der Waals surface area contributed by atoms with Crippen molar-refractivity contribution >= 4 is 33.2 Å². The highest BCUT2D eigenvalue weighted by Crippen LogP contribution is 2.33. The highest BCUT2D eigenvalue weighted by molar-refractivity contribution is 7.91. The second kappa shape index (κ2) is 6.61.